The number of carbonyl (C=O) groups excluding carboxylic acids is 2. The number of esters is 2. The summed E-state index contributed by atoms with van der Waals surface area (Å²) in [6.07, 6.45) is -0.769. The summed E-state index contributed by atoms with van der Waals surface area (Å²) >= 11 is 0. The molecular formula is C20H31NO5. The van der Waals surface area contributed by atoms with Gasteiger partial charge in [0.1, 0.15) is 0 Å². The Morgan fingerprint density at radius 2 is 1.50 bits per heavy atom. The first-order valence-corrected chi connectivity index (χ1v) is 8.83. The van der Waals surface area contributed by atoms with Crippen molar-refractivity contribution in [3.8, 4) is 11.5 Å². The predicted octanol–water partition coefficient (Wildman–Crippen LogP) is 3.23. The van der Waals surface area contributed by atoms with Crippen molar-refractivity contribution in [2.45, 2.75) is 54.6 Å². The van der Waals surface area contributed by atoms with Gasteiger partial charge in [-0.3, -0.25) is 9.59 Å². The van der Waals surface area contributed by atoms with E-state index in [2.05, 4.69) is 5.32 Å². The van der Waals surface area contributed by atoms with Crippen molar-refractivity contribution in [1.29, 1.82) is 0 Å². The number of aliphatic hydroxyl groups excluding tert-OH is 1. The van der Waals surface area contributed by atoms with Crippen LogP contribution in [0.2, 0.25) is 0 Å². The molecule has 26 heavy (non-hydrogen) atoms. The van der Waals surface area contributed by atoms with Gasteiger partial charge in [-0.15, -0.1) is 0 Å². The second kappa shape index (κ2) is 8.64. The number of carbonyl (C=O) groups is 2. The van der Waals surface area contributed by atoms with Crippen LogP contribution in [-0.2, 0) is 9.59 Å². The smallest absolute Gasteiger partial charge is 0.316 e. The van der Waals surface area contributed by atoms with Crippen LogP contribution in [0.5, 0.6) is 11.5 Å². The molecule has 0 aliphatic rings. The molecule has 0 aliphatic carbocycles. The Morgan fingerprint density at radius 1 is 1.00 bits per heavy atom. The fourth-order valence-corrected chi connectivity index (χ4v) is 1.80. The molecule has 0 radical (unpaired) electrons. The first-order chi connectivity index (χ1) is 11.9. The lowest BCUT2D eigenvalue weighted by molar-refractivity contribution is -0.145. The Bertz CT molecular complexity index is 641. The summed E-state index contributed by atoms with van der Waals surface area (Å²) in [5, 5.41) is 13.3. The van der Waals surface area contributed by atoms with Crippen LogP contribution in [0.1, 0.15) is 60.1 Å². The number of nitrogens with one attached hydrogen (secondary N) is 1. The van der Waals surface area contributed by atoms with Crippen molar-refractivity contribution in [1.82, 2.24) is 5.32 Å². The fraction of sp³-hybridized carbons (Fsp3) is 0.600. The van der Waals surface area contributed by atoms with Gasteiger partial charge in [0, 0.05) is 6.54 Å². The van der Waals surface area contributed by atoms with Crippen molar-refractivity contribution in [2.75, 3.05) is 13.1 Å². The second-order valence-corrected chi connectivity index (χ2v) is 8.31. The molecule has 0 amide bonds. The number of benzene rings is 1. The average molecular weight is 365 g/mol. The van der Waals surface area contributed by atoms with Crippen LogP contribution in [0.25, 0.3) is 0 Å². The summed E-state index contributed by atoms with van der Waals surface area (Å²) in [6.45, 7) is 13.5. The number of aliphatic hydroxyl groups is 1. The highest BCUT2D eigenvalue weighted by molar-refractivity contribution is 5.81. The molecule has 0 aromatic heterocycles. The first-order valence-electron chi connectivity index (χ1n) is 8.83. The molecule has 6 heteroatoms. The van der Waals surface area contributed by atoms with Gasteiger partial charge in [-0.05, 0) is 65.8 Å². The monoisotopic (exact) mass is 365 g/mol. The van der Waals surface area contributed by atoms with Crippen molar-refractivity contribution in [3.05, 3.63) is 23.8 Å². The summed E-state index contributed by atoms with van der Waals surface area (Å²) in [7, 11) is 0. The van der Waals surface area contributed by atoms with Gasteiger partial charge >= 0.3 is 11.9 Å². The zero-order valence-corrected chi connectivity index (χ0v) is 16.8. The molecule has 1 atom stereocenters. The zero-order chi connectivity index (χ0) is 20.1. The van der Waals surface area contributed by atoms with Crippen LogP contribution < -0.4 is 14.8 Å². The van der Waals surface area contributed by atoms with E-state index in [9.17, 15) is 14.7 Å². The highest BCUT2D eigenvalue weighted by Crippen LogP contribution is 2.34. The minimum Gasteiger partial charge on any atom is -0.422 e. The van der Waals surface area contributed by atoms with Crippen molar-refractivity contribution >= 4 is 11.9 Å². The van der Waals surface area contributed by atoms with E-state index in [4.69, 9.17) is 9.47 Å². The average Bonchev–Trinajstić information content (AvgIpc) is 2.52. The lowest BCUT2D eigenvalue weighted by Gasteiger charge is -2.21. The summed E-state index contributed by atoms with van der Waals surface area (Å²) in [5.74, 6) is -0.618. The molecule has 0 spiro atoms. The van der Waals surface area contributed by atoms with Crippen LogP contribution in [0, 0.1) is 10.8 Å². The molecule has 0 aliphatic heterocycles. The largest absolute Gasteiger partial charge is 0.422 e. The SMILES string of the molecule is CCNC[C@@H](O)c1ccc(OC(=O)C(C)(C)C)c(OC(=O)C(C)(C)C)c1. The quantitative estimate of drug-likeness (QED) is 0.595. The Balaban J connectivity index is 3.19. The van der Waals surface area contributed by atoms with Crippen LogP contribution >= 0.6 is 0 Å². The molecule has 1 aromatic rings. The topological polar surface area (TPSA) is 84.9 Å². The van der Waals surface area contributed by atoms with E-state index in [-0.39, 0.29) is 11.5 Å². The lowest BCUT2D eigenvalue weighted by atomic mass is 9.97. The highest BCUT2D eigenvalue weighted by Gasteiger charge is 2.28. The minimum absolute atomic E-state index is 0.121. The maximum absolute atomic E-state index is 12.3. The van der Waals surface area contributed by atoms with E-state index in [0.717, 1.165) is 6.54 Å². The molecule has 0 fully saturated rings. The molecular weight excluding hydrogens is 334 g/mol. The maximum atomic E-state index is 12.3. The summed E-state index contributed by atoms with van der Waals surface area (Å²) in [5.41, 5.74) is -0.851. The van der Waals surface area contributed by atoms with Gasteiger partial charge in [0.25, 0.3) is 0 Å². The molecule has 1 aromatic carbocycles. The van der Waals surface area contributed by atoms with Crippen molar-refractivity contribution in [3.63, 3.8) is 0 Å². The second-order valence-electron chi connectivity index (χ2n) is 8.31. The van der Waals surface area contributed by atoms with E-state index in [1.165, 1.54) is 6.07 Å². The Morgan fingerprint density at radius 3 is 1.96 bits per heavy atom. The molecule has 0 saturated heterocycles. The summed E-state index contributed by atoms with van der Waals surface area (Å²) < 4.78 is 10.9. The van der Waals surface area contributed by atoms with Crippen molar-refractivity contribution < 1.29 is 24.2 Å². The zero-order valence-electron chi connectivity index (χ0n) is 16.8. The van der Waals surface area contributed by atoms with Crippen LogP contribution in [0.4, 0.5) is 0 Å². The van der Waals surface area contributed by atoms with Crippen LogP contribution in [0.15, 0.2) is 18.2 Å². The molecule has 6 nitrogen and oxygen atoms in total. The third-order valence-corrected chi connectivity index (χ3v) is 3.57. The van der Waals surface area contributed by atoms with Gasteiger partial charge in [0.2, 0.25) is 0 Å². The predicted molar refractivity (Wildman–Crippen MR) is 100 cm³/mol. The van der Waals surface area contributed by atoms with Crippen LogP contribution in [0.3, 0.4) is 0 Å². The van der Waals surface area contributed by atoms with Gasteiger partial charge < -0.3 is 19.9 Å². The van der Waals surface area contributed by atoms with Gasteiger partial charge in [0.15, 0.2) is 11.5 Å². The van der Waals surface area contributed by atoms with E-state index in [1.54, 1.807) is 53.7 Å². The third-order valence-electron chi connectivity index (χ3n) is 3.57. The standard InChI is InChI=1S/C20H31NO5/c1-8-21-12-14(22)13-9-10-15(25-17(23)19(2,3)4)16(11-13)26-18(24)20(5,6)7/h9-11,14,21-22H,8,12H2,1-7H3/t14-/m1/s1. The lowest BCUT2D eigenvalue weighted by Crippen LogP contribution is -2.28. The van der Waals surface area contributed by atoms with Gasteiger partial charge in [-0.25, -0.2) is 0 Å². The summed E-state index contributed by atoms with van der Waals surface area (Å²) in [6, 6.07) is 4.73. The van der Waals surface area contributed by atoms with E-state index < -0.39 is 28.9 Å². The van der Waals surface area contributed by atoms with Gasteiger partial charge in [0.05, 0.1) is 16.9 Å². The number of hydrogen-bond acceptors (Lipinski definition) is 6. The first kappa shape index (κ1) is 22.1. The van der Waals surface area contributed by atoms with Gasteiger partial charge in [-0.1, -0.05) is 13.0 Å². The van der Waals surface area contributed by atoms with Crippen molar-refractivity contribution in [2.24, 2.45) is 10.8 Å². The van der Waals surface area contributed by atoms with Gasteiger partial charge in [-0.2, -0.15) is 0 Å². The Kier molecular flexibility index (Phi) is 7.35. The summed E-state index contributed by atoms with van der Waals surface area (Å²) in [4.78, 5) is 24.5. The van der Waals surface area contributed by atoms with E-state index in [0.29, 0.717) is 12.1 Å². The van der Waals surface area contributed by atoms with E-state index in [1.807, 2.05) is 6.92 Å². The molecule has 0 bridgehead atoms. The molecule has 0 unspecified atom stereocenters. The number of hydrogen-bond donors (Lipinski definition) is 2. The third kappa shape index (κ3) is 6.42. The van der Waals surface area contributed by atoms with Crippen LogP contribution in [-0.4, -0.2) is 30.1 Å². The minimum atomic E-state index is -0.769. The fourth-order valence-electron chi connectivity index (χ4n) is 1.80. The molecule has 0 saturated carbocycles. The number of rotatable bonds is 6. The molecule has 146 valence electrons. The molecule has 0 heterocycles. The van der Waals surface area contributed by atoms with E-state index >= 15 is 0 Å². The molecule has 1 rings (SSSR count). The number of likely N-dealkylation sites (N-methyl/N-ethyl adjacent to an activating group) is 1. The molecule has 2 N–H and O–H groups in total. The Hall–Kier alpha value is -1.92. The highest BCUT2D eigenvalue weighted by atomic mass is 16.6. The number of ether oxygens (including phenoxy) is 2. The Labute approximate surface area is 155 Å². The maximum Gasteiger partial charge on any atom is 0.316 e. The normalized spacial score (nSPS) is 13.2.